The Morgan fingerprint density at radius 2 is 2.11 bits per heavy atom. The van der Waals surface area contributed by atoms with E-state index in [-0.39, 0.29) is 11.3 Å². The summed E-state index contributed by atoms with van der Waals surface area (Å²) >= 11 is 0. The lowest BCUT2D eigenvalue weighted by molar-refractivity contribution is -0.143. The predicted molar refractivity (Wildman–Crippen MR) is 62.2 cm³/mol. The molecule has 2 heterocycles. The number of carbonyl (C=O) groups is 2. The summed E-state index contributed by atoms with van der Waals surface area (Å²) in [4.78, 5) is 28.3. The molecule has 0 unspecified atom stereocenters. The van der Waals surface area contributed by atoms with Gasteiger partial charge in [0.1, 0.15) is 11.8 Å². The number of carbonyl (C=O) groups excluding carboxylic acids is 1. The van der Waals surface area contributed by atoms with Crippen LogP contribution in [-0.2, 0) is 4.79 Å². The van der Waals surface area contributed by atoms with E-state index in [4.69, 9.17) is 5.11 Å². The van der Waals surface area contributed by atoms with Crippen LogP contribution in [0.15, 0.2) is 18.5 Å². The van der Waals surface area contributed by atoms with Crippen LogP contribution in [0.1, 0.15) is 29.6 Å². The summed E-state index contributed by atoms with van der Waals surface area (Å²) in [5.74, 6) is -1.49. The standard InChI is InChI=1S/C12H14N2O4/c15-9-5-8(6-13-7-9)11(16)14-4-2-1-3-10(14)12(17)18/h5-7,10,15H,1-4H2,(H,17,18)/t10-/m1/s1. The summed E-state index contributed by atoms with van der Waals surface area (Å²) in [6.07, 6.45) is 4.62. The van der Waals surface area contributed by atoms with E-state index in [1.54, 1.807) is 0 Å². The van der Waals surface area contributed by atoms with Gasteiger partial charge < -0.3 is 15.1 Å². The van der Waals surface area contributed by atoms with E-state index in [9.17, 15) is 14.7 Å². The number of piperidine rings is 1. The highest BCUT2D eigenvalue weighted by Crippen LogP contribution is 2.20. The largest absolute Gasteiger partial charge is 0.506 e. The van der Waals surface area contributed by atoms with Crippen molar-refractivity contribution in [1.82, 2.24) is 9.88 Å². The molecule has 1 aliphatic heterocycles. The van der Waals surface area contributed by atoms with Gasteiger partial charge in [0, 0.05) is 12.7 Å². The van der Waals surface area contributed by atoms with E-state index in [0.29, 0.717) is 13.0 Å². The minimum absolute atomic E-state index is 0.107. The number of amides is 1. The molecule has 2 rings (SSSR count). The number of carboxylic acids is 1. The Hall–Kier alpha value is -2.11. The summed E-state index contributed by atoms with van der Waals surface area (Å²) < 4.78 is 0. The molecule has 1 aliphatic rings. The zero-order valence-corrected chi connectivity index (χ0v) is 9.74. The van der Waals surface area contributed by atoms with Crippen LogP contribution >= 0.6 is 0 Å². The van der Waals surface area contributed by atoms with Crippen LogP contribution in [0, 0.1) is 0 Å². The van der Waals surface area contributed by atoms with Gasteiger partial charge in [-0.1, -0.05) is 0 Å². The summed E-state index contributed by atoms with van der Waals surface area (Å²) in [5.41, 5.74) is 0.211. The Morgan fingerprint density at radius 1 is 1.33 bits per heavy atom. The van der Waals surface area contributed by atoms with E-state index in [0.717, 1.165) is 12.8 Å². The van der Waals surface area contributed by atoms with Crippen molar-refractivity contribution in [2.75, 3.05) is 6.54 Å². The average molecular weight is 250 g/mol. The molecule has 18 heavy (non-hydrogen) atoms. The third-order valence-electron chi connectivity index (χ3n) is 3.02. The topological polar surface area (TPSA) is 90.7 Å². The van der Waals surface area contributed by atoms with Crippen LogP contribution < -0.4 is 0 Å². The third-order valence-corrected chi connectivity index (χ3v) is 3.02. The van der Waals surface area contributed by atoms with Crippen molar-refractivity contribution in [3.63, 3.8) is 0 Å². The Morgan fingerprint density at radius 3 is 2.78 bits per heavy atom. The summed E-state index contributed by atoms with van der Waals surface area (Å²) in [5, 5.41) is 18.4. The van der Waals surface area contributed by atoms with E-state index in [2.05, 4.69) is 4.98 Å². The number of nitrogens with zero attached hydrogens (tertiary/aromatic N) is 2. The quantitative estimate of drug-likeness (QED) is 0.812. The number of carboxylic acid groups (broad SMARTS) is 1. The molecule has 0 aliphatic carbocycles. The number of aliphatic carboxylic acids is 1. The second-order valence-electron chi connectivity index (χ2n) is 4.28. The molecule has 0 aromatic carbocycles. The van der Waals surface area contributed by atoms with Crippen molar-refractivity contribution in [2.45, 2.75) is 25.3 Å². The first-order valence-electron chi connectivity index (χ1n) is 5.77. The Bertz CT molecular complexity index is 475. The van der Waals surface area contributed by atoms with Gasteiger partial charge >= 0.3 is 5.97 Å². The molecule has 0 spiro atoms. The third kappa shape index (κ3) is 2.42. The normalized spacial score (nSPS) is 19.6. The summed E-state index contributed by atoms with van der Waals surface area (Å²) in [6.45, 7) is 0.422. The van der Waals surface area contributed by atoms with Crippen molar-refractivity contribution >= 4 is 11.9 Å². The zero-order valence-electron chi connectivity index (χ0n) is 9.74. The lowest BCUT2D eigenvalue weighted by Crippen LogP contribution is -2.48. The average Bonchev–Trinajstić information content (AvgIpc) is 2.38. The van der Waals surface area contributed by atoms with Gasteiger partial charge in [0.2, 0.25) is 0 Å². The summed E-state index contributed by atoms with van der Waals surface area (Å²) in [7, 11) is 0. The van der Waals surface area contributed by atoms with Crippen LogP contribution in [0.4, 0.5) is 0 Å². The lowest BCUT2D eigenvalue weighted by Gasteiger charge is -2.32. The first kappa shape index (κ1) is 12.3. The Balaban J connectivity index is 2.23. The molecule has 1 amide bonds. The van der Waals surface area contributed by atoms with Crippen molar-refractivity contribution in [2.24, 2.45) is 0 Å². The van der Waals surface area contributed by atoms with E-state index >= 15 is 0 Å². The molecule has 1 saturated heterocycles. The zero-order chi connectivity index (χ0) is 13.1. The molecule has 0 saturated carbocycles. The number of hydrogen-bond acceptors (Lipinski definition) is 4. The van der Waals surface area contributed by atoms with Crippen LogP contribution in [0.2, 0.25) is 0 Å². The van der Waals surface area contributed by atoms with Crippen molar-refractivity contribution in [1.29, 1.82) is 0 Å². The van der Waals surface area contributed by atoms with Crippen LogP contribution in [-0.4, -0.2) is 44.6 Å². The molecule has 1 aromatic rings. The van der Waals surface area contributed by atoms with Crippen LogP contribution in [0.3, 0.4) is 0 Å². The fourth-order valence-electron chi connectivity index (χ4n) is 2.14. The molecule has 6 heteroatoms. The molecular formula is C12H14N2O4. The van der Waals surface area contributed by atoms with Gasteiger partial charge in [-0.15, -0.1) is 0 Å². The Kier molecular flexibility index (Phi) is 3.45. The molecule has 96 valence electrons. The van der Waals surface area contributed by atoms with Crippen molar-refractivity contribution < 1.29 is 19.8 Å². The fourth-order valence-corrected chi connectivity index (χ4v) is 2.14. The van der Waals surface area contributed by atoms with Gasteiger partial charge in [-0.3, -0.25) is 9.78 Å². The maximum atomic E-state index is 12.2. The SMILES string of the molecule is O=C(O)[C@H]1CCCCN1C(=O)c1cncc(O)c1. The molecule has 6 nitrogen and oxygen atoms in total. The minimum Gasteiger partial charge on any atom is -0.506 e. The summed E-state index contributed by atoms with van der Waals surface area (Å²) in [6, 6.07) is 0.511. The first-order chi connectivity index (χ1) is 8.59. The van der Waals surface area contributed by atoms with E-state index < -0.39 is 17.9 Å². The van der Waals surface area contributed by atoms with Crippen LogP contribution in [0.25, 0.3) is 0 Å². The highest BCUT2D eigenvalue weighted by atomic mass is 16.4. The van der Waals surface area contributed by atoms with Gasteiger partial charge in [0.05, 0.1) is 11.8 Å². The van der Waals surface area contributed by atoms with E-state index in [1.165, 1.54) is 23.4 Å². The highest BCUT2D eigenvalue weighted by molar-refractivity contribution is 5.96. The molecule has 1 aromatic heterocycles. The van der Waals surface area contributed by atoms with Gasteiger partial charge in [0.15, 0.2) is 0 Å². The fraction of sp³-hybridized carbons (Fsp3) is 0.417. The number of rotatable bonds is 2. The number of aromatic hydroxyl groups is 1. The molecular weight excluding hydrogens is 236 g/mol. The maximum Gasteiger partial charge on any atom is 0.326 e. The highest BCUT2D eigenvalue weighted by Gasteiger charge is 2.32. The molecule has 2 N–H and O–H groups in total. The molecule has 1 atom stereocenters. The van der Waals surface area contributed by atoms with Crippen molar-refractivity contribution in [3.8, 4) is 5.75 Å². The number of hydrogen-bond donors (Lipinski definition) is 2. The second kappa shape index (κ2) is 5.03. The second-order valence-corrected chi connectivity index (χ2v) is 4.28. The molecule has 0 radical (unpaired) electrons. The number of aromatic nitrogens is 1. The minimum atomic E-state index is -0.990. The smallest absolute Gasteiger partial charge is 0.326 e. The van der Waals surface area contributed by atoms with E-state index in [1.807, 2.05) is 0 Å². The van der Waals surface area contributed by atoms with Gasteiger partial charge in [-0.2, -0.15) is 0 Å². The number of likely N-dealkylation sites (tertiary alicyclic amines) is 1. The Labute approximate surface area is 104 Å². The maximum absolute atomic E-state index is 12.2. The first-order valence-corrected chi connectivity index (χ1v) is 5.77. The van der Waals surface area contributed by atoms with Crippen molar-refractivity contribution in [3.05, 3.63) is 24.0 Å². The van der Waals surface area contributed by atoms with Gasteiger partial charge in [-0.05, 0) is 25.3 Å². The molecule has 0 bridgehead atoms. The lowest BCUT2D eigenvalue weighted by atomic mass is 10.0. The predicted octanol–water partition coefficient (Wildman–Crippen LogP) is 0.866. The van der Waals surface area contributed by atoms with Gasteiger partial charge in [0.25, 0.3) is 5.91 Å². The molecule has 1 fully saturated rings. The monoisotopic (exact) mass is 250 g/mol. The number of pyridine rings is 1. The van der Waals surface area contributed by atoms with Crippen LogP contribution in [0.5, 0.6) is 5.75 Å². The van der Waals surface area contributed by atoms with Gasteiger partial charge in [-0.25, -0.2) is 4.79 Å².